The topological polar surface area (TPSA) is 32.3 Å². The van der Waals surface area contributed by atoms with Crippen LogP contribution < -0.4 is 5.32 Å². The maximum absolute atomic E-state index is 11.5. The Kier molecular flexibility index (Phi) is 4.76. The monoisotopic (exact) mass is 248 g/mol. The molecule has 0 radical (unpaired) electrons. The van der Waals surface area contributed by atoms with Crippen LogP contribution >= 0.6 is 0 Å². The van der Waals surface area contributed by atoms with E-state index < -0.39 is 0 Å². The van der Waals surface area contributed by atoms with E-state index in [2.05, 4.69) is 38.2 Å². The van der Waals surface area contributed by atoms with Crippen LogP contribution in [0, 0.1) is 5.41 Å². The third kappa shape index (κ3) is 5.21. The van der Waals surface area contributed by atoms with Gasteiger partial charge in [0.2, 0.25) is 0 Å². The van der Waals surface area contributed by atoms with Gasteiger partial charge < -0.3 is 10.2 Å². The number of nitrogens with zero attached hydrogens (tertiary/aromatic N) is 1. The van der Waals surface area contributed by atoms with Crippen molar-refractivity contribution in [3.05, 3.63) is 29.8 Å². The van der Waals surface area contributed by atoms with Crippen LogP contribution in [-0.2, 0) is 6.42 Å². The number of rotatable bonds is 3. The minimum absolute atomic E-state index is 0.0996. The number of carbonyl (C=O) groups excluding carboxylic acids is 1. The van der Waals surface area contributed by atoms with Crippen molar-refractivity contribution in [2.75, 3.05) is 19.4 Å². The van der Waals surface area contributed by atoms with E-state index in [-0.39, 0.29) is 6.03 Å². The highest BCUT2D eigenvalue weighted by atomic mass is 16.2. The molecule has 0 atom stereocenters. The summed E-state index contributed by atoms with van der Waals surface area (Å²) in [6.45, 7) is 6.75. The van der Waals surface area contributed by atoms with Crippen molar-refractivity contribution in [2.24, 2.45) is 5.41 Å². The lowest BCUT2D eigenvalue weighted by Crippen LogP contribution is -2.27. The van der Waals surface area contributed by atoms with Crippen molar-refractivity contribution >= 4 is 11.7 Å². The summed E-state index contributed by atoms with van der Waals surface area (Å²) in [5.74, 6) is 0. The van der Waals surface area contributed by atoms with Gasteiger partial charge in [-0.25, -0.2) is 4.79 Å². The molecule has 0 heterocycles. The zero-order valence-corrected chi connectivity index (χ0v) is 12.1. The van der Waals surface area contributed by atoms with Crippen LogP contribution in [0.15, 0.2) is 24.3 Å². The summed E-state index contributed by atoms with van der Waals surface area (Å²) in [4.78, 5) is 13.0. The Morgan fingerprint density at radius 2 is 1.72 bits per heavy atom. The highest BCUT2D eigenvalue weighted by Crippen LogP contribution is 2.22. The lowest BCUT2D eigenvalue weighted by atomic mass is 9.89. The van der Waals surface area contributed by atoms with Crippen LogP contribution in [0.3, 0.4) is 0 Å². The van der Waals surface area contributed by atoms with Crippen molar-refractivity contribution in [3.63, 3.8) is 0 Å². The molecule has 0 aliphatic heterocycles. The van der Waals surface area contributed by atoms with Gasteiger partial charge in [0, 0.05) is 19.8 Å². The molecule has 1 rings (SSSR count). The maximum Gasteiger partial charge on any atom is 0.321 e. The Morgan fingerprint density at radius 1 is 1.17 bits per heavy atom. The van der Waals surface area contributed by atoms with Crippen LogP contribution in [0.1, 0.15) is 32.8 Å². The molecule has 0 saturated carbocycles. The Bertz CT molecular complexity index is 388. The quantitative estimate of drug-likeness (QED) is 0.868. The second kappa shape index (κ2) is 5.89. The zero-order valence-electron chi connectivity index (χ0n) is 12.1. The van der Waals surface area contributed by atoms with E-state index in [4.69, 9.17) is 0 Å². The van der Waals surface area contributed by atoms with Gasteiger partial charge in [-0.2, -0.15) is 0 Å². The molecular formula is C15H24N2O. The molecule has 0 fully saturated rings. The van der Waals surface area contributed by atoms with Gasteiger partial charge in [0.1, 0.15) is 0 Å². The normalized spacial score (nSPS) is 11.2. The number of amides is 2. The molecule has 0 bridgehead atoms. The number of anilines is 1. The van der Waals surface area contributed by atoms with Gasteiger partial charge in [-0.3, -0.25) is 0 Å². The van der Waals surface area contributed by atoms with Gasteiger partial charge in [-0.1, -0.05) is 32.9 Å². The molecule has 100 valence electrons. The largest absolute Gasteiger partial charge is 0.331 e. The SMILES string of the molecule is CN(C)C(=O)Nc1ccc(CCC(C)(C)C)cc1. The van der Waals surface area contributed by atoms with E-state index in [1.165, 1.54) is 10.5 Å². The second-order valence-electron chi connectivity index (χ2n) is 6.08. The summed E-state index contributed by atoms with van der Waals surface area (Å²) in [6, 6.07) is 7.98. The summed E-state index contributed by atoms with van der Waals surface area (Å²) < 4.78 is 0. The van der Waals surface area contributed by atoms with Crippen LogP contribution in [-0.4, -0.2) is 25.0 Å². The van der Waals surface area contributed by atoms with Gasteiger partial charge in [0.25, 0.3) is 0 Å². The second-order valence-corrected chi connectivity index (χ2v) is 6.08. The van der Waals surface area contributed by atoms with Crippen LogP contribution in [0.4, 0.5) is 10.5 Å². The number of aryl methyl sites for hydroxylation is 1. The average molecular weight is 248 g/mol. The molecule has 3 heteroatoms. The van der Waals surface area contributed by atoms with E-state index in [0.29, 0.717) is 5.41 Å². The van der Waals surface area contributed by atoms with E-state index >= 15 is 0 Å². The molecule has 0 aliphatic carbocycles. The fraction of sp³-hybridized carbons (Fsp3) is 0.533. The Labute approximate surface area is 110 Å². The lowest BCUT2D eigenvalue weighted by molar-refractivity contribution is 0.230. The van der Waals surface area contributed by atoms with E-state index in [9.17, 15) is 4.79 Å². The predicted octanol–water partition coefficient (Wildman–Crippen LogP) is 3.76. The first kappa shape index (κ1) is 14.6. The van der Waals surface area contributed by atoms with Crippen LogP contribution in [0.2, 0.25) is 0 Å². The van der Waals surface area contributed by atoms with Gasteiger partial charge in [-0.15, -0.1) is 0 Å². The fourth-order valence-electron chi connectivity index (χ4n) is 1.51. The molecule has 1 aromatic rings. The number of nitrogens with one attached hydrogen (secondary N) is 1. The smallest absolute Gasteiger partial charge is 0.321 e. The molecule has 2 amide bonds. The van der Waals surface area contributed by atoms with Gasteiger partial charge in [0.15, 0.2) is 0 Å². The van der Waals surface area contributed by atoms with Gasteiger partial charge >= 0.3 is 6.03 Å². The number of hydrogen-bond acceptors (Lipinski definition) is 1. The zero-order chi connectivity index (χ0) is 13.8. The van der Waals surface area contributed by atoms with E-state index in [1.54, 1.807) is 14.1 Å². The number of carbonyl (C=O) groups is 1. The minimum Gasteiger partial charge on any atom is -0.331 e. The molecule has 3 nitrogen and oxygen atoms in total. The first-order chi connectivity index (χ1) is 8.28. The summed E-state index contributed by atoms with van der Waals surface area (Å²) in [5.41, 5.74) is 2.51. The first-order valence-corrected chi connectivity index (χ1v) is 6.35. The average Bonchev–Trinajstić information content (AvgIpc) is 2.27. The third-order valence-electron chi connectivity index (χ3n) is 2.78. The molecule has 0 unspecified atom stereocenters. The molecule has 0 saturated heterocycles. The fourth-order valence-corrected chi connectivity index (χ4v) is 1.51. The number of hydrogen-bond donors (Lipinski definition) is 1. The van der Waals surface area contributed by atoms with E-state index in [0.717, 1.165) is 18.5 Å². The van der Waals surface area contributed by atoms with Gasteiger partial charge in [0.05, 0.1) is 0 Å². The minimum atomic E-state index is -0.0996. The number of urea groups is 1. The van der Waals surface area contributed by atoms with Crippen molar-refractivity contribution < 1.29 is 4.79 Å². The van der Waals surface area contributed by atoms with E-state index in [1.807, 2.05) is 12.1 Å². The highest BCUT2D eigenvalue weighted by molar-refractivity contribution is 5.88. The van der Waals surface area contributed by atoms with Crippen molar-refractivity contribution in [1.29, 1.82) is 0 Å². The third-order valence-corrected chi connectivity index (χ3v) is 2.78. The summed E-state index contributed by atoms with van der Waals surface area (Å²) >= 11 is 0. The molecule has 1 N–H and O–H groups in total. The van der Waals surface area contributed by atoms with Crippen molar-refractivity contribution in [2.45, 2.75) is 33.6 Å². The summed E-state index contributed by atoms with van der Waals surface area (Å²) in [7, 11) is 3.46. The van der Waals surface area contributed by atoms with Gasteiger partial charge in [-0.05, 0) is 36.0 Å². The molecule has 18 heavy (non-hydrogen) atoms. The predicted molar refractivity (Wildman–Crippen MR) is 76.9 cm³/mol. The molecule has 0 aliphatic rings. The first-order valence-electron chi connectivity index (χ1n) is 6.35. The molecule has 0 spiro atoms. The molecule has 0 aromatic heterocycles. The summed E-state index contributed by atoms with van der Waals surface area (Å²) in [6.07, 6.45) is 2.24. The Hall–Kier alpha value is -1.51. The Balaban J connectivity index is 2.55. The molecule has 1 aromatic carbocycles. The maximum atomic E-state index is 11.5. The number of benzene rings is 1. The Morgan fingerprint density at radius 3 is 2.17 bits per heavy atom. The van der Waals surface area contributed by atoms with Crippen molar-refractivity contribution in [3.8, 4) is 0 Å². The van der Waals surface area contributed by atoms with Crippen LogP contribution in [0.5, 0.6) is 0 Å². The standard InChI is InChI=1S/C15H24N2O/c1-15(2,3)11-10-12-6-8-13(9-7-12)16-14(18)17(4)5/h6-9H,10-11H2,1-5H3,(H,16,18). The summed E-state index contributed by atoms with van der Waals surface area (Å²) in [5, 5.41) is 2.83. The lowest BCUT2D eigenvalue weighted by Gasteiger charge is -2.18. The highest BCUT2D eigenvalue weighted by Gasteiger charge is 2.10. The molecular weight excluding hydrogens is 224 g/mol. The van der Waals surface area contributed by atoms with Crippen molar-refractivity contribution in [1.82, 2.24) is 4.90 Å². The van der Waals surface area contributed by atoms with Crippen LogP contribution in [0.25, 0.3) is 0 Å².